The van der Waals surface area contributed by atoms with E-state index in [-0.39, 0.29) is 0 Å². The molecule has 0 atom stereocenters. The summed E-state index contributed by atoms with van der Waals surface area (Å²) in [4.78, 5) is 6.56. The van der Waals surface area contributed by atoms with Crippen molar-refractivity contribution in [1.82, 2.24) is 10.3 Å². The van der Waals surface area contributed by atoms with Gasteiger partial charge in [-0.1, -0.05) is 17.7 Å². The summed E-state index contributed by atoms with van der Waals surface area (Å²) in [5, 5.41) is 6.43. The molecular formula is C15H18ClN3S. The minimum Gasteiger partial charge on any atom is -0.368 e. The monoisotopic (exact) mass is 307 g/mol. The molecule has 1 aromatic carbocycles. The van der Waals surface area contributed by atoms with Gasteiger partial charge in [0, 0.05) is 35.7 Å². The van der Waals surface area contributed by atoms with Crippen molar-refractivity contribution in [1.29, 1.82) is 0 Å². The molecule has 3 rings (SSSR count). The molecule has 1 aliphatic carbocycles. The van der Waals surface area contributed by atoms with Crippen LogP contribution in [-0.2, 0) is 13.1 Å². The van der Waals surface area contributed by atoms with E-state index in [4.69, 9.17) is 11.6 Å². The number of hydrogen-bond donors (Lipinski definition) is 1. The quantitative estimate of drug-likeness (QED) is 0.882. The van der Waals surface area contributed by atoms with Crippen LogP contribution in [0, 0.1) is 0 Å². The molecule has 0 aliphatic heterocycles. The van der Waals surface area contributed by atoms with Gasteiger partial charge in [0.05, 0.1) is 17.7 Å². The highest BCUT2D eigenvalue weighted by atomic mass is 35.5. The Kier molecular flexibility index (Phi) is 4.24. The highest BCUT2D eigenvalue weighted by molar-refractivity contribution is 7.07. The number of nitrogens with one attached hydrogen (secondary N) is 1. The molecule has 106 valence electrons. The lowest BCUT2D eigenvalue weighted by Gasteiger charge is -2.22. The zero-order chi connectivity index (χ0) is 13.9. The SMILES string of the molecule is CN(Cc1cscn1)c1cc(Cl)ccc1CNC1CC1. The summed E-state index contributed by atoms with van der Waals surface area (Å²) in [6.07, 6.45) is 2.61. The largest absolute Gasteiger partial charge is 0.368 e. The van der Waals surface area contributed by atoms with Crippen molar-refractivity contribution in [3.63, 3.8) is 0 Å². The van der Waals surface area contributed by atoms with Crippen LogP contribution in [0.4, 0.5) is 5.69 Å². The van der Waals surface area contributed by atoms with E-state index >= 15 is 0 Å². The highest BCUT2D eigenvalue weighted by Gasteiger charge is 2.21. The van der Waals surface area contributed by atoms with E-state index in [1.165, 1.54) is 24.1 Å². The van der Waals surface area contributed by atoms with Gasteiger partial charge in [0.2, 0.25) is 0 Å². The van der Waals surface area contributed by atoms with E-state index in [9.17, 15) is 0 Å². The Labute approximate surface area is 128 Å². The van der Waals surface area contributed by atoms with Gasteiger partial charge in [-0.3, -0.25) is 0 Å². The van der Waals surface area contributed by atoms with Crippen LogP contribution in [0.2, 0.25) is 5.02 Å². The number of rotatable bonds is 6. The van der Waals surface area contributed by atoms with Crippen molar-refractivity contribution in [2.75, 3.05) is 11.9 Å². The average Bonchev–Trinajstić information content (AvgIpc) is 3.13. The first-order valence-corrected chi connectivity index (χ1v) is 8.14. The molecule has 1 aliphatic rings. The van der Waals surface area contributed by atoms with Gasteiger partial charge in [-0.2, -0.15) is 0 Å². The van der Waals surface area contributed by atoms with Crippen LogP contribution in [-0.4, -0.2) is 18.1 Å². The molecule has 1 fully saturated rings. The predicted molar refractivity (Wildman–Crippen MR) is 85.5 cm³/mol. The Morgan fingerprint density at radius 2 is 2.30 bits per heavy atom. The lowest BCUT2D eigenvalue weighted by molar-refractivity contribution is 0.685. The second kappa shape index (κ2) is 6.12. The normalized spacial score (nSPS) is 14.5. The molecule has 20 heavy (non-hydrogen) atoms. The van der Waals surface area contributed by atoms with Gasteiger partial charge in [0.15, 0.2) is 0 Å². The van der Waals surface area contributed by atoms with E-state index < -0.39 is 0 Å². The minimum atomic E-state index is 0.711. The first-order valence-electron chi connectivity index (χ1n) is 6.82. The summed E-state index contributed by atoms with van der Waals surface area (Å²) in [6, 6.07) is 6.83. The van der Waals surface area contributed by atoms with Crippen LogP contribution in [0.5, 0.6) is 0 Å². The summed E-state index contributed by atoms with van der Waals surface area (Å²) >= 11 is 7.79. The van der Waals surface area contributed by atoms with Gasteiger partial charge in [0.1, 0.15) is 0 Å². The smallest absolute Gasteiger partial charge is 0.0795 e. The molecule has 0 radical (unpaired) electrons. The van der Waals surface area contributed by atoms with Crippen LogP contribution in [0.1, 0.15) is 24.1 Å². The molecule has 2 aromatic rings. The maximum absolute atomic E-state index is 6.16. The van der Waals surface area contributed by atoms with Crippen LogP contribution >= 0.6 is 22.9 Å². The van der Waals surface area contributed by atoms with E-state index in [2.05, 4.69) is 33.7 Å². The average molecular weight is 308 g/mol. The molecule has 0 amide bonds. The molecule has 3 nitrogen and oxygen atoms in total. The van der Waals surface area contributed by atoms with Gasteiger partial charge >= 0.3 is 0 Å². The standard InChI is InChI=1S/C15H18ClN3S/c1-19(8-14-9-20-10-18-14)15-6-12(16)3-2-11(15)7-17-13-4-5-13/h2-3,6,9-10,13,17H,4-5,7-8H2,1H3. The first kappa shape index (κ1) is 13.9. The van der Waals surface area contributed by atoms with Crippen molar-refractivity contribution >= 4 is 28.6 Å². The summed E-state index contributed by atoms with van der Waals surface area (Å²) < 4.78 is 0. The van der Waals surface area contributed by atoms with E-state index in [1.807, 2.05) is 17.6 Å². The van der Waals surface area contributed by atoms with Crippen molar-refractivity contribution in [3.05, 3.63) is 45.4 Å². The fraction of sp³-hybridized carbons (Fsp3) is 0.400. The number of thiazole rings is 1. The Balaban J connectivity index is 1.76. The molecule has 1 heterocycles. The molecule has 1 saturated carbocycles. The third-order valence-electron chi connectivity index (χ3n) is 3.50. The minimum absolute atomic E-state index is 0.711. The summed E-state index contributed by atoms with van der Waals surface area (Å²) in [6.45, 7) is 1.71. The van der Waals surface area contributed by atoms with Crippen LogP contribution in [0.15, 0.2) is 29.1 Å². The second-order valence-electron chi connectivity index (χ2n) is 5.26. The van der Waals surface area contributed by atoms with Crippen molar-refractivity contribution < 1.29 is 0 Å². The van der Waals surface area contributed by atoms with E-state index in [0.29, 0.717) is 6.04 Å². The Morgan fingerprint density at radius 3 is 3.00 bits per heavy atom. The fourth-order valence-electron chi connectivity index (χ4n) is 2.23. The number of halogens is 1. The fourth-order valence-corrected chi connectivity index (χ4v) is 2.94. The Bertz CT molecular complexity index is 567. The molecular weight excluding hydrogens is 290 g/mol. The van der Waals surface area contributed by atoms with Crippen molar-refractivity contribution in [2.24, 2.45) is 0 Å². The topological polar surface area (TPSA) is 28.2 Å². The second-order valence-corrected chi connectivity index (χ2v) is 6.42. The number of aromatic nitrogens is 1. The maximum Gasteiger partial charge on any atom is 0.0795 e. The van der Waals surface area contributed by atoms with Gasteiger partial charge in [-0.25, -0.2) is 4.98 Å². The Morgan fingerprint density at radius 1 is 1.45 bits per heavy atom. The van der Waals surface area contributed by atoms with E-state index in [0.717, 1.165) is 23.8 Å². The third-order valence-corrected chi connectivity index (χ3v) is 4.37. The zero-order valence-corrected chi connectivity index (χ0v) is 13.0. The summed E-state index contributed by atoms with van der Waals surface area (Å²) in [5.41, 5.74) is 5.44. The van der Waals surface area contributed by atoms with Crippen molar-refractivity contribution in [3.8, 4) is 0 Å². The van der Waals surface area contributed by atoms with Crippen LogP contribution < -0.4 is 10.2 Å². The van der Waals surface area contributed by atoms with E-state index in [1.54, 1.807) is 11.3 Å². The van der Waals surface area contributed by atoms with Gasteiger partial charge in [-0.15, -0.1) is 11.3 Å². The molecule has 5 heteroatoms. The number of benzene rings is 1. The van der Waals surface area contributed by atoms with Crippen molar-refractivity contribution in [2.45, 2.75) is 32.0 Å². The molecule has 0 spiro atoms. The van der Waals surface area contributed by atoms with Crippen LogP contribution in [0.25, 0.3) is 0 Å². The molecule has 0 bridgehead atoms. The zero-order valence-electron chi connectivity index (χ0n) is 11.5. The Hall–Kier alpha value is -1.10. The molecule has 0 unspecified atom stereocenters. The highest BCUT2D eigenvalue weighted by Crippen LogP contribution is 2.27. The number of anilines is 1. The summed E-state index contributed by atoms with van der Waals surface area (Å²) in [7, 11) is 2.09. The lowest BCUT2D eigenvalue weighted by Crippen LogP contribution is -2.21. The molecule has 1 N–H and O–H groups in total. The van der Waals surface area contributed by atoms with Crippen LogP contribution in [0.3, 0.4) is 0 Å². The van der Waals surface area contributed by atoms with Gasteiger partial charge in [-0.05, 0) is 30.5 Å². The lowest BCUT2D eigenvalue weighted by atomic mass is 10.1. The third kappa shape index (κ3) is 3.51. The maximum atomic E-state index is 6.16. The predicted octanol–water partition coefficient (Wildman–Crippen LogP) is 3.68. The molecule has 1 aromatic heterocycles. The van der Waals surface area contributed by atoms with Gasteiger partial charge < -0.3 is 10.2 Å². The summed E-state index contributed by atoms with van der Waals surface area (Å²) in [5.74, 6) is 0. The molecule has 0 saturated heterocycles. The number of hydrogen-bond acceptors (Lipinski definition) is 4. The van der Waals surface area contributed by atoms with Gasteiger partial charge in [0.25, 0.3) is 0 Å². The number of nitrogens with zero attached hydrogens (tertiary/aromatic N) is 2. The first-order chi connectivity index (χ1) is 9.72.